The van der Waals surface area contributed by atoms with Gasteiger partial charge in [0.1, 0.15) is 6.10 Å². The average Bonchev–Trinajstić information content (AvgIpc) is 3.09. The molecule has 0 aromatic carbocycles. The molecule has 90 valence electrons. The minimum absolute atomic E-state index is 0.248. The number of hydrogen-bond donors (Lipinski definition) is 1. The fourth-order valence-electron chi connectivity index (χ4n) is 2.60. The van der Waals surface area contributed by atoms with E-state index in [9.17, 15) is 5.11 Å². The molecule has 2 atom stereocenters. The third kappa shape index (κ3) is 2.09. The zero-order valence-electron chi connectivity index (χ0n) is 10.3. The van der Waals surface area contributed by atoms with Crippen LogP contribution in [0.3, 0.4) is 0 Å². The van der Waals surface area contributed by atoms with Gasteiger partial charge in [-0.3, -0.25) is 0 Å². The first-order valence-electron chi connectivity index (χ1n) is 6.16. The van der Waals surface area contributed by atoms with Crippen molar-refractivity contribution in [1.29, 1.82) is 0 Å². The molecule has 1 N–H and O–H groups in total. The fourth-order valence-corrected chi connectivity index (χ4v) is 2.60. The van der Waals surface area contributed by atoms with Gasteiger partial charge in [-0.2, -0.15) is 0 Å². The van der Waals surface area contributed by atoms with Crippen LogP contribution >= 0.6 is 0 Å². The Morgan fingerprint density at radius 2 is 2.31 bits per heavy atom. The monoisotopic (exact) mass is 222 g/mol. The van der Waals surface area contributed by atoms with Crippen molar-refractivity contribution < 1.29 is 9.84 Å². The Bertz CT molecular complexity index is 313. The van der Waals surface area contributed by atoms with Crippen LogP contribution < -0.4 is 0 Å². The minimum Gasteiger partial charge on any atom is -0.386 e. The molecule has 1 fully saturated rings. The lowest BCUT2D eigenvalue weighted by Crippen LogP contribution is -2.33. The van der Waals surface area contributed by atoms with Crippen LogP contribution in [0.25, 0.3) is 0 Å². The van der Waals surface area contributed by atoms with E-state index in [2.05, 4.69) is 19.6 Å². The highest BCUT2D eigenvalue weighted by molar-refractivity contribution is 5.22. The van der Waals surface area contributed by atoms with Gasteiger partial charge in [0.15, 0.2) is 0 Å². The summed E-state index contributed by atoms with van der Waals surface area (Å²) in [6, 6.07) is 0. The van der Waals surface area contributed by atoms with E-state index in [-0.39, 0.29) is 11.7 Å². The summed E-state index contributed by atoms with van der Waals surface area (Å²) >= 11 is 0. The lowest BCUT2D eigenvalue weighted by molar-refractivity contribution is -0.0160. The number of aliphatic hydroxyl groups excluding tert-OH is 1. The van der Waals surface area contributed by atoms with E-state index < -0.39 is 0 Å². The van der Waals surface area contributed by atoms with Gasteiger partial charge in [0.25, 0.3) is 0 Å². The smallest absolute Gasteiger partial charge is 0.104 e. The zero-order valence-corrected chi connectivity index (χ0v) is 10.3. The van der Waals surface area contributed by atoms with Crippen molar-refractivity contribution in [1.82, 2.24) is 0 Å². The number of aliphatic hydroxyl groups is 1. The van der Waals surface area contributed by atoms with Gasteiger partial charge in [-0.25, -0.2) is 0 Å². The van der Waals surface area contributed by atoms with Crippen molar-refractivity contribution in [2.24, 2.45) is 5.92 Å². The molecule has 0 bridgehead atoms. The molecule has 2 heteroatoms. The zero-order chi connectivity index (χ0) is 11.8. The largest absolute Gasteiger partial charge is 0.386 e. The summed E-state index contributed by atoms with van der Waals surface area (Å²) in [5.74, 6) is 0.605. The number of hydrogen-bond acceptors (Lipinski definition) is 2. The van der Waals surface area contributed by atoms with Crippen molar-refractivity contribution in [3.63, 3.8) is 0 Å². The first kappa shape index (κ1) is 11.9. The van der Waals surface area contributed by atoms with Crippen molar-refractivity contribution in [3.05, 3.63) is 23.8 Å². The number of allylic oxidation sites excluding steroid dienone is 2. The standard InChI is InChI=1S/C14H22O2/c1-10(2)11-4-6-12(7-5-11)13(15)14(16-3)8-9-14/h6,11,13,15H,1,4-5,7-9H2,2-3H3/t11-,13?/m1/s1. The van der Waals surface area contributed by atoms with Gasteiger partial charge in [-0.05, 0) is 50.5 Å². The van der Waals surface area contributed by atoms with Gasteiger partial charge in [-0.1, -0.05) is 18.2 Å². The lowest BCUT2D eigenvalue weighted by Gasteiger charge is -2.28. The predicted octanol–water partition coefficient (Wildman–Crippen LogP) is 2.83. The molecule has 0 amide bonds. The van der Waals surface area contributed by atoms with Gasteiger partial charge in [-0.15, -0.1) is 0 Å². The maximum absolute atomic E-state index is 10.3. The predicted molar refractivity (Wildman–Crippen MR) is 65.2 cm³/mol. The van der Waals surface area contributed by atoms with E-state index in [0.29, 0.717) is 5.92 Å². The SMILES string of the molecule is C=C(C)[C@@H]1CC=C(C(O)C2(OC)CC2)CC1. The summed E-state index contributed by atoms with van der Waals surface area (Å²) in [5.41, 5.74) is 2.19. The summed E-state index contributed by atoms with van der Waals surface area (Å²) in [6.07, 6.45) is 6.94. The molecule has 0 heterocycles. The van der Waals surface area contributed by atoms with Crippen LogP contribution in [0.5, 0.6) is 0 Å². The third-order valence-corrected chi connectivity index (χ3v) is 4.14. The van der Waals surface area contributed by atoms with E-state index in [4.69, 9.17) is 4.74 Å². The molecule has 2 aliphatic rings. The van der Waals surface area contributed by atoms with Gasteiger partial charge >= 0.3 is 0 Å². The molecule has 0 aromatic rings. The van der Waals surface area contributed by atoms with Crippen LogP contribution in [0.1, 0.15) is 39.0 Å². The van der Waals surface area contributed by atoms with Crippen molar-refractivity contribution in [2.45, 2.75) is 50.7 Å². The summed E-state index contributed by atoms with van der Waals surface area (Å²) in [7, 11) is 1.70. The molecule has 2 aliphatic carbocycles. The summed E-state index contributed by atoms with van der Waals surface area (Å²) in [5, 5.41) is 10.3. The maximum Gasteiger partial charge on any atom is 0.104 e. The highest BCUT2D eigenvalue weighted by atomic mass is 16.5. The van der Waals surface area contributed by atoms with Crippen LogP contribution in [0.4, 0.5) is 0 Å². The van der Waals surface area contributed by atoms with Gasteiger partial charge < -0.3 is 9.84 Å². The van der Waals surface area contributed by atoms with Crippen LogP contribution in [-0.4, -0.2) is 23.9 Å². The van der Waals surface area contributed by atoms with Gasteiger partial charge in [0.2, 0.25) is 0 Å². The molecule has 0 aliphatic heterocycles. The Hall–Kier alpha value is -0.600. The van der Waals surface area contributed by atoms with E-state index >= 15 is 0 Å². The molecule has 0 aromatic heterocycles. The van der Waals surface area contributed by atoms with Crippen LogP contribution in [0.2, 0.25) is 0 Å². The molecule has 0 saturated heterocycles. The van der Waals surface area contributed by atoms with E-state index in [0.717, 1.165) is 32.1 Å². The normalized spacial score (nSPS) is 29.4. The topological polar surface area (TPSA) is 29.5 Å². The first-order valence-corrected chi connectivity index (χ1v) is 6.16. The Kier molecular flexibility index (Phi) is 3.22. The molecule has 16 heavy (non-hydrogen) atoms. The summed E-state index contributed by atoms with van der Waals surface area (Å²) in [4.78, 5) is 0. The molecule has 2 nitrogen and oxygen atoms in total. The Labute approximate surface area is 98.0 Å². The van der Waals surface area contributed by atoms with Crippen molar-refractivity contribution in [2.75, 3.05) is 7.11 Å². The quantitative estimate of drug-likeness (QED) is 0.741. The third-order valence-electron chi connectivity index (χ3n) is 4.14. The number of ether oxygens (including phenoxy) is 1. The van der Waals surface area contributed by atoms with Crippen molar-refractivity contribution in [3.8, 4) is 0 Å². The Morgan fingerprint density at radius 1 is 1.62 bits per heavy atom. The fraction of sp³-hybridized carbons (Fsp3) is 0.714. The number of methoxy groups -OCH3 is 1. The van der Waals surface area contributed by atoms with Gasteiger partial charge in [0, 0.05) is 7.11 Å². The molecule has 2 rings (SSSR count). The summed E-state index contributed by atoms with van der Waals surface area (Å²) in [6.45, 7) is 6.10. The highest BCUT2D eigenvalue weighted by Crippen LogP contribution is 2.46. The van der Waals surface area contributed by atoms with E-state index in [1.165, 1.54) is 11.1 Å². The molecule has 1 saturated carbocycles. The average molecular weight is 222 g/mol. The van der Waals surface area contributed by atoms with Gasteiger partial charge in [0.05, 0.1) is 5.60 Å². The van der Waals surface area contributed by atoms with Crippen LogP contribution in [-0.2, 0) is 4.74 Å². The highest BCUT2D eigenvalue weighted by Gasteiger charge is 2.50. The Morgan fingerprint density at radius 3 is 2.69 bits per heavy atom. The lowest BCUT2D eigenvalue weighted by atomic mass is 9.82. The van der Waals surface area contributed by atoms with E-state index in [1.807, 2.05) is 0 Å². The Balaban J connectivity index is 1.99. The first-order chi connectivity index (χ1) is 7.59. The van der Waals surface area contributed by atoms with Crippen LogP contribution in [0, 0.1) is 5.92 Å². The van der Waals surface area contributed by atoms with E-state index in [1.54, 1.807) is 7.11 Å². The second-order valence-corrected chi connectivity index (χ2v) is 5.27. The maximum atomic E-state index is 10.3. The number of rotatable bonds is 4. The second-order valence-electron chi connectivity index (χ2n) is 5.27. The van der Waals surface area contributed by atoms with Crippen LogP contribution in [0.15, 0.2) is 23.8 Å². The molecule has 0 radical (unpaired) electrons. The molecule has 0 spiro atoms. The van der Waals surface area contributed by atoms with Crippen molar-refractivity contribution >= 4 is 0 Å². The summed E-state index contributed by atoms with van der Waals surface area (Å²) < 4.78 is 5.43. The molecular weight excluding hydrogens is 200 g/mol. The minimum atomic E-state index is -0.386. The second kappa shape index (κ2) is 4.34. The molecule has 1 unspecified atom stereocenters. The molecular formula is C14H22O2.